The number of benzene rings is 1. The van der Waals surface area contributed by atoms with Crippen molar-refractivity contribution in [3.05, 3.63) is 71.8 Å². The highest BCUT2D eigenvalue weighted by Gasteiger charge is 2.14. The van der Waals surface area contributed by atoms with Crippen LogP contribution in [0.25, 0.3) is 22.3 Å². The minimum absolute atomic E-state index is 0.276. The van der Waals surface area contributed by atoms with Gasteiger partial charge in [-0.1, -0.05) is 36.4 Å². The van der Waals surface area contributed by atoms with Crippen LogP contribution in [0.15, 0.2) is 60.8 Å². The summed E-state index contributed by atoms with van der Waals surface area (Å²) in [5.74, 6) is 0. The van der Waals surface area contributed by atoms with Gasteiger partial charge < -0.3 is 4.57 Å². The second-order valence-corrected chi connectivity index (χ2v) is 5.58. The van der Waals surface area contributed by atoms with Crippen LogP contribution < -0.4 is 0 Å². The zero-order valence-corrected chi connectivity index (χ0v) is 12.7. The van der Waals surface area contributed by atoms with E-state index >= 15 is 0 Å². The van der Waals surface area contributed by atoms with E-state index < -0.39 is 0 Å². The summed E-state index contributed by atoms with van der Waals surface area (Å²) < 4.78 is 2.04. The summed E-state index contributed by atoms with van der Waals surface area (Å²) in [6.45, 7) is 0. The molecule has 108 valence electrons. The Balaban J connectivity index is 1.96. The number of nitrogens with zero attached hydrogens (tertiary/aromatic N) is 3. The molecule has 1 aliphatic rings. The van der Waals surface area contributed by atoms with E-state index in [1.807, 2.05) is 29.0 Å². The molecule has 0 N–H and O–H groups in total. The van der Waals surface area contributed by atoms with Crippen molar-refractivity contribution < 1.29 is 0 Å². The van der Waals surface area contributed by atoms with Crippen LogP contribution in [0.4, 0.5) is 0 Å². The van der Waals surface area contributed by atoms with E-state index in [1.165, 1.54) is 0 Å². The first-order valence-corrected chi connectivity index (χ1v) is 7.68. The number of hydrogen-bond donors (Lipinski definition) is 0. The lowest BCUT2D eigenvalue weighted by Crippen LogP contribution is -1.98. The fourth-order valence-electron chi connectivity index (χ4n) is 2.79. The van der Waals surface area contributed by atoms with Crippen LogP contribution in [0.5, 0.6) is 0 Å². The summed E-state index contributed by atoms with van der Waals surface area (Å²) >= 11 is 6.17. The molecular weight excluding hydrogens is 294 g/mol. The van der Waals surface area contributed by atoms with Crippen molar-refractivity contribution in [3.63, 3.8) is 0 Å². The minimum atomic E-state index is 0.276. The molecule has 2 aromatic heterocycles. The quantitative estimate of drug-likeness (QED) is 0.636. The maximum absolute atomic E-state index is 6.17. The molecule has 22 heavy (non-hydrogen) atoms. The van der Waals surface area contributed by atoms with Gasteiger partial charge in [-0.05, 0) is 48.2 Å². The average Bonchev–Trinajstić information content (AvgIpc) is 2.99. The Labute approximate surface area is 133 Å². The van der Waals surface area contributed by atoms with E-state index in [-0.39, 0.29) is 5.28 Å². The Hall–Kier alpha value is -2.39. The van der Waals surface area contributed by atoms with E-state index in [1.54, 1.807) is 0 Å². The van der Waals surface area contributed by atoms with Gasteiger partial charge >= 0.3 is 0 Å². The number of para-hydroxylation sites is 1. The van der Waals surface area contributed by atoms with Crippen molar-refractivity contribution in [1.29, 1.82) is 0 Å². The third kappa shape index (κ3) is 2.24. The zero-order chi connectivity index (χ0) is 14.9. The summed E-state index contributed by atoms with van der Waals surface area (Å²) in [6.07, 6.45) is 10.6. The lowest BCUT2D eigenvalue weighted by atomic mass is 10.0. The molecule has 0 amide bonds. The second kappa shape index (κ2) is 5.43. The average molecular weight is 308 g/mol. The number of halogens is 1. The van der Waals surface area contributed by atoms with E-state index in [9.17, 15) is 0 Å². The molecule has 0 spiro atoms. The lowest BCUT2D eigenvalue weighted by molar-refractivity contribution is 1.03. The van der Waals surface area contributed by atoms with Gasteiger partial charge in [0, 0.05) is 17.3 Å². The van der Waals surface area contributed by atoms with Gasteiger partial charge in [-0.2, -0.15) is 4.98 Å². The van der Waals surface area contributed by atoms with Crippen LogP contribution in [0, 0.1) is 0 Å². The van der Waals surface area contributed by atoms with Gasteiger partial charge in [0.05, 0.1) is 5.69 Å². The highest BCUT2D eigenvalue weighted by atomic mass is 35.5. The van der Waals surface area contributed by atoms with E-state index in [4.69, 9.17) is 11.6 Å². The van der Waals surface area contributed by atoms with E-state index in [2.05, 4.69) is 46.4 Å². The van der Waals surface area contributed by atoms with Gasteiger partial charge in [-0.3, -0.25) is 0 Å². The number of hydrogen-bond acceptors (Lipinski definition) is 2. The largest absolute Gasteiger partial charge is 0.301 e. The number of aromatic nitrogens is 3. The summed E-state index contributed by atoms with van der Waals surface area (Å²) in [7, 11) is 0. The van der Waals surface area contributed by atoms with Crippen molar-refractivity contribution in [2.45, 2.75) is 12.8 Å². The Morgan fingerprint density at radius 2 is 1.86 bits per heavy atom. The van der Waals surface area contributed by atoms with Crippen molar-refractivity contribution in [1.82, 2.24) is 14.5 Å². The summed E-state index contributed by atoms with van der Waals surface area (Å²) in [6, 6.07) is 12.2. The van der Waals surface area contributed by atoms with Crippen molar-refractivity contribution in [3.8, 4) is 5.69 Å². The van der Waals surface area contributed by atoms with Gasteiger partial charge in [0.2, 0.25) is 5.28 Å². The first kappa shape index (κ1) is 13.3. The van der Waals surface area contributed by atoms with Crippen LogP contribution >= 0.6 is 11.6 Å². The highest BCUT2D eigenvalue weighted by molar-refractivity contribution is 6.28. The molecule has 3 aromatic rings. The van der Waals surface area contributed by atoms with Crippen LogP contribution in [0.3, 0.4) is 0 Å². The molecule has 2 heterocycles. The van der Waals surface area contributed by atoms with Crippen molar-refractivity contribution in [2.75, 3.05) is 0 Å². The maximum Gasteiger partial charge on any atom is 0.224 e. The summed E-state index contributed by atoms with van der Waals surface area (Å²) in [5.41, 5.74) is 3.92. The molecule has 0 radical (unpaired) electrons. The van der Waals surface area contributed by atoms with Crippen LogP contribution in [0.1, 0.15) is 18.5 Å². The standard InChI is InChI=1S/C18H14ClN3/c19-18-20-16(13-7-3-1-4-8-13)15-11-12-22(17(15)21-18)14-9-5-2-6-10-14/h2-3,5-12H,1,4H2. The topological polar surface area (TPSA) is 30.7 Å². The number of fused-ring (bicyclic) bond motifs is 1. The van der Waals surface area contributed by atoms with Crippen molar-refractivity contribution >= 4 is 28.2 Å². The molecule has 0 atom stereocenters. The van der Waals surface area contributed by atoms with E-state index in [0.29, 0.717) is 0 Å². The molecule has 0 bridgehead atoms. The van der Waals surface area contributed by atoms with Gasteiger partial charge in [-0.25, -0.2) is 4.98 Å². The Bertz CT molecular complexity index is 891. The van der Waals surface area contributed by atoms with Gasteiger partial charge in [0.25, 0.3) is 0 Å². The van der Waals surface area contributed by atoms with Gasteiger partial charge in [0.15, 0.2) is 0 Å². The van der Waals surface area contributed by atoms with Crippen molar-refractivity contribution in [2.24, 2.45) is 0 Å². The number of rotatable bonds is 2. The molecule has 0 aliphatic heterocycles. The predicted octanol–water partition coefficient (Wildman–Crippen LogP) is 4.81. The van der Waals surface area contributed by atoms with Gasteiger partial charge in [-0.15, -0.1) is 0 Å². The van der Waals surface area contributed by atoms with Crippen LogP contribution in [0.2, 0.25) is 5.28 Å². The molecule has 0 unspecified atom stereocenters. The summed E-state index contributed by atoms with van der Waals surface area (Å²) in [5, 5.41) is 1.30. The monoisotopic (exact) mass is 307 g/mol. The minimum Gasteiger partial charge on any atom is -0.301 e. The smallest absolute Gasteiger partial charge is 0.224 e. The molecule has 0 saturated heterocycles. The maximum atomic E-state index is 6.17. The molecule has 0 fully saturated rings. The third-order valence-electron chi connectivity index (χ3n) is 3.82. The Kier molecular flexibility index (Phi) is 3.28. The predicted molar refractivity (Wildman–Crippen MR) is 90.2 cm³/mol. The highest BCUT2D eigenvalue weighted by Crippen LogP contribution is 2.29. The first-order valence-electron chi connectivity index (χ1n) is 7.30. The third-order valence-corrected chi connectivity index (χ3v) is 3.99. The first-order chi connectivity index (χ1) is 10.8. The molecule has 4 rings (SSSR count). The SMILES string of the molecule is Clc1nc(C2=CCCC=C2)c2ccn(-c3ccccc3)c2n1. The zero-order valence-electron chi connectivity index (χ0n) is 11.9. The fourth-order valence-corrected chi connectivity index (χ4v) is 2.96. The molecular formula is C18H14ClN3. The molecule has 1 aromatic carbocycles. The van der Waals surface area contributed by atoms with Gasteiger partial charge in [0.1, 0.15) is 5.65 Å². The van der Waals surface area contributed by atoms with Crippen LogP contribution in [-0.2, 0) is 0 Å². The molecule has 4 heteroatoms. The molecule has 3 nitrogen and oxygen atoms in total. The second-order valence-electron chi connectivity index (χ2n) is 5.24. The Morgan fingerprint density at radius 1 is 1.00 bits per heavy atom. The molecule has 1 aliphatic carbocycles. The van der Waals surface area contributed by atoms with E-state index in [0.717, 1.165) is 40.8 Å². The normalized spacial score (nSPS) is 14.3. The summed E-state index contributed by atoms with van der Waals surface area (Å²) in [4.78, 5) is 8.89. The molecule has 0 saturated carbocycles. The Morgan fingerprint density at radius 3 is 2.64 bits per heavy atom. The number of allylic oxidation sites excluding steroid dienone is 4. The fraction of sp³-hybridized carbons (Fsp3) is 0.111. The van der Waals surface area contributed by atoms with Crippen LogP contribution in [-0.4, -0.2) is 14.5 Å². The lowest BCUT2D eigenvalue weighted by Gasteiger charge is -2.09.